The van der Waals surface area contributed by atoms with Crippen LogP contribution in [-0.4, -0.2) is 36.8 Å². The van der Waals surface area contributed by atoms with Crippen LogP contribution >= 0.6 is 0 Å². The van der Waals surface area contributed by atoms with Gasteiger partial charge in [0.1, 0.15) is 11.6 Å². The van der Waals surface area contributed by atoms with Gasteiger partial charge in [-0.3, -0.25) is 0 Å². The molecule has 0 unspecified atom stereocenters. The monoisotopic (exact) mass is 250 g/mol. The third-order valence-electron chi connectivity index (χ3n) is 3.48. The van der Waals surface area contributed by atoms with Gasteiger partial charge in [-0.25, -0.2) is 9.97 Å². The van der Waals surface area contributed by atoms with Crippen molar-refractivity contribution in [3.05, 3.63) is 18.1 Å². The van der Waals surface area contributed by atoms with Crippen LogP contribution in [0.2, 0.25) is 0 Å². The molecule has 1 aliphatic heterocycles. The minimum Gasteiger partial charge on any atom is -0.381 e. The number of nitrogens with two attached hydrogens (primary N) is 1. The van der Waals surface area contributed by atoms with Gasteiger partial charge in [0, 0.05) is 33.0 Å². The van der Waals surface area contributed by atoms with Crippen LogP contribution in [0.5, 0.6) is 0 Å². The summed E-state index contributed by atoms with van der Waals surface area (Å²) in [7, 11) is 2.07. The third-order valence-corrected chi connectivity index (χ3v) is 3.48. The number of rotatable bonds is 5. The largest absolute Gasteiger partial charge is 0.381 e. The zero-order chi connectivity index (χ0) is 12.8. The summed E-state index contributed by atoms with van der Waals surface area (Å²) in [6.45, 7) is 3.24. The molecule has 0 saturated carbocycles. The van der Waals surface area contributed by atoms with Gasteiger partial charge in [0.15, 0.2) is 0 Å². The average Bonchev–Trinajstić information content (AvgIpc) is 2.46. The van der Waals surface area contributed by atoms with Gasteiger partial charge in [0.05, 0.1) is 6.54 Å². The van der Waals surface area contributed by atoms with Crippen molar-refractivity contribution in [3.63, 3.8) is 0 Å². The SMILES string of the molecule is CN(CCC1CCOCC1)c1ccnc(CN)n1. The van der Waals surface area contributed by atoms with Gasteiger partial charge >= 0.3 is 0 Å². The van der Waals surface area contributed by atoms with E-state index in [0.29, 0.717) is 12.4 Å². The summed E-state index contributed by atoms with van der Waals surface area (Å²) in [5, 5.41) is 0. The van der Waals surface area contributed by atoms with E-state index in [1.165, 1.54) is 19.3 Å². The molecule has 0 aromatic carbocycles. The maximum Gasteiger partial charge on any atom is 0.144 e. The molecule has 2 N–H and O–H groups in total. The van der Waals surface area contributed by atoms with E-state index in [1.54, 1.807) is 6.20 Å². The Kier molecular flexibility index (Phi) is 4.90. The normalized spacial score (nSPS) is 16.8. The van der Waals surface area contributed by atoms with Gasteiger partial charge in [-0.05, 0) is 31.2 Å². The van der Waals surface area contributed by atoms with Crippen LogP contribution < -0.4 is 10.6 Å². The lowest BCUT2D eigenvalue weighted by molar-refractivity contribution is 0.0645. The van der Waals surface area contributed by atoms with E-state index in [2.05, 4.69) is 21.9 Å². The number of ether oxygens (including phenoxy) is 1. The molecule has 0 bridgehead atoms. The van der Waals surface area contributed by atoms with E-state index in [9.17, 15) is 0 Å². The molecule has 5 heteroatoms. The molecular formula is C13H22N4O. The van der Waals surface area contributed by atoms with Crippen LogP contribution in [0.3, 0.4) is 0 Å². The maximum atomic E-state index is 5.55. The first-order chi connectivity index (χ1) is 8.79. The lowest BCUT2D eigenvalue weighted by atomic mass is 9.96. The molecule has 18 heavy (non-hydrogen) atoms. The van der Waals surface area contributed by atoms with Crippen LogP contribution in [0.4, 0.5) is 5.82 Å². The van der Waals surface area contributed by atoms with Gasteiger partial charge in [0.25, 0.3) is 0 Å². The molecule has 0 aliphatic carbocycles. The molecule has 1 aliphatic rings. The lowest BCUT2D eigenvalue weighted by Crippen LogP contribution is -2.25. The van der Waals surface area contributed by atoms with Crippen molar-refractivity contribution in [1.29, 1.82) is 0 Å². The van der Waals surface area contributed by atoms with E-state index in [0.717, 1.165) is 31.5 Å². The van der Waals surface area contributed by atoms with Crippen LogP contribution in [0.1, 0.15) is 25.1 Å². The fourth-order valence-corrected chi connectivity index (χ4v) is 2.23. The number of hydrogen-bond acceptors (Lipinski definition) is 5. The van der Waals surface area contributed by atoms with Crippen LogP contribution in [0, 0.1) is 5.92 Å². The Morgan fingerprint density at radius 3 is 2.94 bits per heavy atom. The highest BCUT2D eigenvalue weighted by molar-refractivity contribution is 5.35. The minimum atomic E-state index is 0.391. The van der Waals surface area contributed by atoms with Gasteiger partial charge in [-0.2, -0.15) is 0 Å². The third kappa shape index (κ3) is 3.65. The first kappa shape index (κ1) is 13.2. The summed E-state index contributed by atoms with van der Waals surface area (Å²) in [4.78, 5) is 10.7. The topological polar surface area (TPSA) is 64.3 Å². The predicted molar refractivity (Wildman–Crippen MR) is 71.4 cm³/mol. The number of aromatic nitrogens is 2. The van der Waals surface area contributed by atoms with Crippen molar-refractivity contribution in [3.8, 4) is 0 Å². The summed E-state index contributed by atoms with van der Waals surface area (Å²) >= 11 is 0. The second-order valence-electron chi connectivity index (χ2n) is 4.80. The summed E-state index contributed by atoms with van der Waals surface area (Å²) in [5.41, 5.74) is 5.55. The van der Waals surface area contributed by atoms with Crippen LogP contribution in [0.15, 0.2) is 12.3 Å². The fraction of sp³-hybridized carbons (Fsp3) is 0.692. The Balaban J connectivity index is 1.84. The number of hydrogen-bond donors (Lipinski definition) is 1. The number of anilines is 1. The molecular weight excluding hydrogens is 228 g/mol. The Bertz CT molecular complexity index is 366. The summed E-state index contributed by atoms with van der Waals surface area (Å²) in [5.74, 6) is 2.44. The molecule has 0 atom stereocenters. The zero-order valence-electron chi connectivity index (χ0n) is 11.0. The Labute approximate surface area is 108 Å². The van der Waals surface area contributed by atoms with Crippen molar-refractivity contribution in [2.75, 3.05) is 31.7 Å². The van der Waals surface area contributed by atoms with Crippen molar-refractivity contribution >= 4 is 5.82 Å². The van der Waals surface area contributed by atoms with E-state index >= 15 is 0 Å². The molecule has 0 radical (unpaired) electrons. The van der Waals surface area contributed by atoms with E-state index in [1.807, 2.05) is 6.07 Å². The smallest absolute Gasteiger partial charge is 0.144 e. The molecule has 1 fully saturated rings. The van der Waals surface area contributed by atoms with Crippen molar-refractivity contribution in [2.24, 2.45) is 11.7 Å². The molecule has 0 amide bonds. The van der Waals surface area contributed by atoms with Gasteiger partial charge in [0.2, 0.25) is 0 Å². The van der Waals surface area contributed by atoms with Crippen molar-refractivity contribution < 1.29 is 4.74 Å². The highest BCUT2D eigenvalue weighted by atomic mass is 16.5. The van der Waals surface area contributed by atoms with E-state index in [4.69, 9.17) is 10.5 Å². The average molecular weight is 250 g/mol. The molecule has 2 heterocycles. The summed E-state index contributed by atoms with van der Waals surface area (Å²) in [6, 6.07) is 1.93. The van der Waals surface area contributed by atoms with Gasteiger partial charge < -0.3 is 15.4 Å². The molecule has 1 aromatic rings. The first-order valence-electron chi connectivity index (χ1n) is 6.60. The van der Waals surface area contributed by atoms with Crippen molar-refractivity contribution in [1.82, 2.24) is 9.97 Å². The molecule has 1 saturated heterocycles. The van der Waals surface area contributed by atoms with Crippen LogP contribution in [0.25, 0.3) is 0 Å². The molecule has 0 spiro atoms. The Hall–Kier alpha value is -1.20. The highest BCUT2D eigenvalue weighted by Crippen LogP contribution is 2.19. The second-order valence-corrected chi connectivity index (χ2v) is 4.80. The predicted octanol–water partition coefficient (Wildman–Crippen LogP) is 1.19. The zero-order valence-corrected chi connectivity index (χ0v) is 11.0. The van der Waals surface area contributed by atoms with E-state index in [-0.39, 0.29) is 0 Å². The summed E-state index contributed by atoms with van der Waals surface area (Å²) in [6.07, 6.45) is 5.34. The molecule has 2 rings (SSSR count). The summed E-state index contributed by atoms with van der Waals surface area (Å²) < 4.78 is 5.37. The first-order valence-corrected chi connectivity index (χ1v) is 6.60. The standard InChI is InChI=1S/C13H22N4O/c1-17(7-3-11-4-8-18-9-5-11)13-2-6-15-12(10-14)16-13/h2,6,11H,3-5,7-10,14H2,1H3. The van der Waals surface area contributed by atoms with Gasteiger partial charge in [-0.15, -0.1) is 0 Å². The minimum absolute atomic E-state index is 0.391. The fourth-order valence-electron chi connectivity index (χ4n) is 2.23. The molecule has 100 valence electrons. The highest BCUT2D eigenvalue weighted by Gasteiger charge is 2.14. The molecule has 5 nitrogen and oxygen atoms in total. The number of nitrogens with zero attached hydrogens (tertiary/aromatic N) is 3. The quantitative estimate of drug-likeness (QED) is 0.850. The Morgan fingerprint density at radius 2 is 2.22 bits per heavy atom. The Morgan fingerprint density at radius 1 is 1.44 bits per heavy atom. The molecule has 1 aromatic heterocycles. The van der Waals surface area contributed by atoms with Crippen molar-refractivity contribution in [2.45, 2.75) is 25.8 Å². The van der Waals surface area contributed by atoms with Gasteiger partial charge in [-0.1, -0.05) is 0 Å². The second kappa shape index (κ2) is 6.66. The lowest BCUT2D eigenvalue weighted by Gasteiger charge is -2.25. The van der Waals surface area contributed by atoms with Crippen LogP contribution in [-0.2, 0) is 11.3 Å². The van der Waals surface area contributed by atoms with E-state index < -0.39 is 0 Å². The maximum absolute atomic E-state index is 5.55.